The standard InChI is InChI=1S/C35H35NO2P2.2B/c1-28(36(2)39(30-20-10-5-11-21-30)31-22-12-6-13-23-31)35(29-18-8-4-9-19-29)38-40(32-24-14-7-15-25-32)34-27-17-16-26-33(34)37-3;;/h4-28,35H,1-3H3;;/t28-,35-,40-;;/m1../s1. The Hall–Kier alpha value is -3.19. The lowest BCUT2D eigenvalue weighted by Gasteiger charge is -2.39. The van der Waals surface area contributed by atoms with Crippen molar-refractivity contribution in [3.05, 3.63) is 151 Å². The molecule has 0 amide bonds. The molecule has 5 aromatic rings. The van der Waals surface area contributed by atoms with Crippen LogP contribution < -0.4 is 26.0 Å². The molecular formula is C35H35B2NO2P2. The van der Waals surface area contributed by atoms with Crippen molar-refractivity contribution in [2.24, 2.45) is 0 Å². The van der Waals surface area contributed by atoms with E-state index in [1.165, 1.54) is 10.6 Å². The summed E-state index contributed by atoms with van der Waals surface area (Å²) in [6, 6.07) is 51.1. The van der Waals surface area contributed by atoms with Gasteiger partial charge in [-0.2, -0.15) is 0 Å². The van der Waals surface area contributed by atoms with Crippen LogP contribution in [0.4, 0.5) is 0 Å². The zero-order valence-corrected chi connectivity index (χ0v) is 26.1. The molecule has 5 aromatic carbocycles. The highest BCUT2D eigenvalue weighted by molar-refractivity contribution is 7.70. The fraction of sp³-hybridized carbons (Fsp3) is 0.143. The SMILES string of the molecule is COc1ccccc1[P@](O[C@@H](c1ccccc1)[C@@H](C)N(C)P(c1ccccc1)c1ccccc1)c1ccccc1.[B].[B]. The molecule has 0 aliphatic rings. The topological polar surface area (TPSA) is 21.7 Å². The minimum absolute atomic E-state index is 0. The van der Waals surface area contributed by atoms with Gasteiger partial charge in [0, 0.05) is 41.5 Å². The highest BCUT2D eigenvalue weighted by Crippen LogP contribution is 2.48. The third-order valence-electron chi connectivity index (χ3n) is 6.99. The highest BCUT2D eigenvalue weighted by Gasteiger charge is 2.33. The summed E-state index contributed by atoms with van der Waals surface area (Å²) in [6.45, 7) is 2.29. The van der Waals surface area contributed by atoms with E-state index >= 15 is 0 Å². The molecule has 0 aliphatic carbocycles. The average Bonchev–Trinajstić information content (AvgIpc) is 3.03. The van der Waals surface area contributed by atoms with E-state index in [2.05, 4.69) is 152 Å². The van der Waals surface area contributed by atoms with Crippen molar-refractivity contribution in [3.8, 4) is 5.75 Å². The van der Waals surface area contributed by atoms with E-state index in [-0.39, 0.29) is 29.0 Å². The Morgan fingerprint density at radius 1 is 0.571 bits per heavy atom. The summed E-state index contributed by atoms with van der Waals surface area (Å²) >= 11 is 0. The number of rotatable bonds is 11. The minimum Gasteiger partial charge on any atom is -0.496 e. The van der Waals surface area contributed by atoms with Crippen molar-refractivity contribution in [1.29, 1.82) is 0 Å². The molecule has 0 aromatic heterocycles. The van der Waals surface area contributed by atoms with Gasteiger partial charge >= 0.3 is 0 Å². The number of nitrogens with zero attached hydrogens (tertiary/aromatic N) is 1. The fourth-order valence-corrected chi connectivity index (χ4v) is 9.32. The van der Waals surface area contributed by atoms with Gasteiger partial charge in [0.25, 0.3) is 0 Å². The van der Waals surface area contributed by atoms with E-state index < -0.39 is 16.2 Å². The van der Waals surface area contributed by atoms with E-state index in [9.17, 15) is 0 Å². The Bertz CT molecular complexity index is 1420. The summed E-state index contributed by atoms with van der Waals surface area (Å²) in [6.07, 6.45) is -0.181. The quantitative estimate of drug-likeness (QED) is 0.132. The molecule has 0 unspecified atom stereocenters. The van der Waals surface area contributed by atoms with Gasteiger partial charge in [0.2, 0.25) is 0 Å². The maximum Gasteiger partial charge on any atom is 0.129 e. The van der Waals surface area contributed by atoms with Gasteiger partial charge in [0.15, 0.2) is 0 Å². The molecule has 3 atom stereocenters. The van der Waals surface area contributed by atoms with E-state index in [0.717, 1.165) is 21.9 Å². The van der Waals surface area contributed by atoms with Crippen LogP contribution in [0.25, 0.3) is 0 Å². The van der Waals surface area contributed by atoms with Gasteiger partial charge in [-0.3, -0.25) is 4.67 Å². The van der Waals surface area contributed by atoms with Gasteiger partial charge in [0.1, 0.15) is 11.9 Å². The normalized spacial score (nSPS) is 13.0. The summed E-state index contributed by atoms with van der Waals surface area (Å²) in [5, 5.41) is 4.88. The van der Waals surface area contributed by atoms with Crippen molar-refractivity contribution in [3.63, 3.8) is 0 Å². The van der Waals surface area contributed by atoms with Gasteiger partial charge in [-0.05, 0) is 42.3 Å². The number of ether oxygens (including phenoxy) is 1. The van der Waals surface area contributed by atoms with Gasteiger partial charge in [-0.25, -0.2) is 0 Å². The summed E-state index contributed by atoms with van der Waals surface area (Å²) < 4.78 is 15.6. The molecule has 5 rings (SSSR count). The van der Waals surface area contributed by atoms with Gasteiger partial charge in [0.05, 0.1) is 15.3 Å². The summed E-state index contributed by atoms with van der Waals surface area (Å²) in [4.78, 5) is 0. The third-order valence-corrected chi connectivity index (χ3v) is 11.6. The van der Waals surface area contributed by atoms with Gasteiger partial charge < -0.3 is 9.26 Å². The van der Waals surface area contributed by atoms with Crippen LogP contribution in [0, 0.1) is 0 Å². The second-order valence-corrected chi connectivity index (χ2v) is 13.6. The fourth-order valence-electron chi connectivity index (χ4n) is 4.83. The maximum atomic E-state index is 7.31. The Morgan fingerprint density at radius 3 is 1.50 bits per heavy atom. The number of hydrogen-bond acceptors (Lipinski definition) is 3. The first kappa shape index (κ1) is 33.3. The summed E-state index contributed by atoms with van der Waals surface area (Å²) in [5.41, 5.74) is 1.16. The summed E-state index contributed by atoms with van der Waals surface area (Å²) in [7, 11) is 2.02. The predicted octanol–water partition coefficient (Wildman–Crippen LogP) is 6.41. The molecule has 3 nitrogen and oxygen atoms in total. The van der Waals surface area contributed by atoms with Crippen LogP contribution in [0.2, 0.25) is 0 Å². The molecule has 0 aliphatic heterocycles. The van der Waals surface area contributed by atoms with Gasteiger partial charge in [-0.1, -0.05) is 133 Å². The van der Waals surface area contributed by atoms with Crippen LogP contribution in [0.1, 0.15) is 18.6 Å². The molecule has 208 valence electrons. The zero-order valence-electron chi connectivity index (χ0n) is 24.3. The number of hydrogen-bond donors (Lipinski definition) is 0. The molecule has 0 saturated heterocycles. The van der Waals surface area contributed by atoms with Crippen LogP contribution >= 0.6 is 16.2 Å². The number of methoxy groups -OCH3 is 1. The van der Waals surface area contributed by atoms with Crippen LogP contribution in [-0.4, -0.2) is 41.7 Å². The highest BCUT2D eigenvalue weighted by atomic mass is 31.1. The van der Waals surface area contributed by atoms with Crippen LogP contribution in [0.5, 0.6) is 5.75 Å². The first-order valence-corrected chi connectivity index (χ1v) is 16.1. The number of benzene rings is 5. The lowest BCUT2D eigenvalue weighted by molar-refractivity contribution is 0.154. The number of para-hydroxylation sites is 1. The molecule has 0 fully saturated rings. The van der Waals surface area contributed by atoms with Crippen LogP contribution in [-0.2, 0) is 4.52 Å². The molecule has 0 bridgehead atoms. The Balaban J connectivity index is 0.00000242. The van der Waals surface area contributed by atoms with Gasteiger partial charge in [-0.15, -0.1) is 0 Å². The lowest BCUT2D eigenvalue weighted by atomic mass is 10.0. The second kappa shape index (κ2) is 16.4. The molecular weight excluding hydrogens is 550 g/mol. The third kappa shape index (κ3) is 7.80. The van der Waals surface area contributed by atoms with E-state index in [1.807, 2.05) is 12.1 Å². The summed E-state index contributed by atoms with van der Waals surface area (Å²) in [5.74, 6) is 0.848. The molecule has 7 heteroatoms. The van der Waals surface area contributed by atoms with Crippen LogP contribution in [0.3, 0.4) is 0 Å². The Labute approximate surface area is 257 Å². The van der Waals surface area contributed by atoms with E-state index in [1.54, 1.807) is 7.11 Å². The zero-order chi connectivity index (χ0) is 27.7. The predicted molar refractivity (Wildman–Crippen MR) is 184 cm³/mol. The monoisotopic (exact) mass is 585 g/mol. The van der Waals surface area contributed by atoms with Crippen molar-refractivity contribution >= 4 is 54.3 Å². The van der Waals surface area contributed by atoms with E-state index in [4.69, 9.17) is 9.26 Å². The second-order valence-electron chi connectivity index (χ2n) is 9.54. The van der Waals surface area contributed by atoms with Crippen molar-refractivity contribution in [2.75, 3.05) is 14.2 Å². The van der Waals surface area contributed by atoms with Crippen molar-refractivity contribution in [1.82, 2.24) is 4.67 Å². The lowest BCUT2D eigenvalue weighted by Crippen LogP contribution is -2.37. The van der Waals surface area contributed by atoms with Crippen molar-refractivity contribution < 1.29 is 9.26 Å². The molecule has 0 saturated carbocycles. The largest absolute Gasteiger partial charge is 0.496 e. The maximum absolute atomic E-state index is 7.31. The van der Waals surface area contributed by atoms with Crippen molar-refractivity contribution in [2.45, 2.75) is 19.1 Å². The van der Waals surface area contributed by atoms with E-state index in [0.29, 0.717) is 0 Å². The first-order chi connectivity index (χ1) is 19.7. The van der Waals surface area contributed by atoms with Crippen LogP contribution in [0.15, 0.2) is 146 Å². The first-order valence-electron chi connectivity index (χ1n) is 13.5. The molecule has 0 spiro atoms. The average molecular weight is 585 g/mol. The molecule has 42 heavy (non-hydrogen) atoms. The minimum atomic E-state index is -1.17. The number of likely N-dealkylation sites (N-methyl/N-ethyl adjacent to an activating group) is 1. The molecule has 0 N–H and O–H groups in total. The smallest absolute Gasteiger partial charge is 0.129 e. The Morgan fingerprint density at radius 2 is 1.00 bits per heavy atom. The molecule has 0 heterocycles. The Kier molecular flexibility index (Phi) is 13.0. The molecule has 6 radical (unpaired) electrons.